The third-order valence-electron chi connectivity index (χ3n) is 2.61. The summed E-state index contributed by atoms with van der Waals surface area (Å²) in [5.41, 5.74) is 0.814. The van der Waals surface area contributed by atoms with Gasteiger partial charge in [-0.2, -0.15) is 0 Å². The number of anilines is 1. The Bertz CT molecular complexity index is 727. The van der Waals surface area contributed by atoms with Gasteiger partial charge in [-0.15, -0.1) is 10.2 Å². The molecule has 3 aromatic rings. The summed E-state index contributed by atoms with van der Waals surface area (Å²) in [5.74, 6) is 1.42. The maximum atomic E-state index is 6.09. The van der Waals surface area contributed by atoms with E-state index in [1.807, 2.05) is 28.8 Å². The van der Waals surface area contributed by atoms with E-state index in [1.54, 1.807) is 12.3 Å². The van der Waals surface area contributed by atoms with Crippen molar-refractivity contribution in [1.29, 1.82) is 0 Å². The summed E-state index contributed by atoms with van der Waals surface area (Å²) in [6.45, 7) is 0.500. The van der Waals surface area contributed by atoms with Gasteiger partial charge in [-0.25, -0.2) is 4.98 Å². The second-order valence-electron chi connectivity index (χ2n) is 3.88. The summed E-state index contributed by atoms with van der Waals surface area (Å²) in [6.07, 6.45) is 3.61. The zero-order valence-corrected chi connectivity index (χ0v) is 12.1. The average Bonchev–Trinajstić information content (AvgIpc) is 2.81. The number of hydrogen-bond acceptors (Lipinski definition) is 4. The molecule has 0 aromatic carbocycles. The molecular weight excluding hydrogens is 330 g/mol. The zero-order chi connectivity index (χ0) is 13.2. The van der Waals surface area contributed by atoms with E-state index in [-0.39, 0.29) is 0 Å². The van der Waals surface area contributed by atoms with E-state index in [9.17, 15) is 0 Å². The highest BCUT2D eigenvalue weighted by Gasteiger charge is 2.06. The van der Waals surface area contributed by atoms with Gasteiger partial charge in [0.2, 0.25) is 0 Å². The van der Waals surface area contributed by atoms with Crippen LogP contribution >= 0.6 is 27.5 Å². The molecule has 0 radical (unpaired) electrons. The van der Waals surface area contributed by atoms with Crippen LogP contribution in [0.3, 0.4) is 0 Å². The van der Waals surface area contributed by atoms with Crippen molar-refractivity contribution in [2.45, 2.75) is 6.54 Å². The molecular formula is C12H9BrClN5. The van der Waals surface area contributed by atoms with Crippen molar-refractivity contribution in [3.8, 4) is 0 Å². The van der Waals surface area contributed by atoms with Gasteiger partial charge < -0.3 is 5.32 Å². The minimum atomic E-state index is 0.500. The predicted molar refractivity (Wildman–Crippen MR) is 77.3 cm³/mol. The van der Waals surface area contributed by atoms with Gasteiger partial charge in [0.15, 0.2) is 11.5 Å². The Kier molecular flexibility index (Phi) is 3.35. The van der Waals surface area contributed by atoms with Crippen molar-refractivity contribution in [2.75, 3.05) is 5.32 Å². The van der Waals surface area contributed by atoms with Gasteiger partial charge in [-0.3, -0.25) is 4.40 Å². The molecule has 0 fully saturated rings. The van der Waals surface area contributed by atoms with Crippen LogP contribution in [0.2, 0.25) is 5.02 Å². The fraction of sp³-hybridized carbons (Fsp3) is 0.0833. The molecule has 3 heterocycles. The van der Waals surface area contributed by atoms with Gasteiger partial charge in [0, 0.05) is 16.9 Å². The molecule has 0 unspecified atom stereocenters. The van der Waals surface area contributed by atoms with E-state index in [1.165, 1.54) is 0 Å². The van der Waals surface area contributed by atoms with Crippen LogP contribution in [0.4, 0.5) is 5.82 Å². The van der Waals surface area contributed by atoms with E-state index in [2.05, 4.69) is 36.4 Å². The Morgan fingerprint density at radius 2 is 2.21 bits per heavy atom. The normalized spacial score (nSPS) is 10.8. The van der Waals surface area contributed by atoms with Crippen molar-refractivity contribution in [2.24, 2.45) is 0 Å². The molecule has 0 atom stereocenters. The highest BCUT2D eigenvalue weighted by molar-refractivity contribution is 9.10. The minimum Gasteiger partial charge on any atom is -0.362 e. The molecule has 0 amide bonds. The first-order valence-electron chi connectivity index (χ1n) is 5.57. The van der Waals surface area contributed by atoms with E-state index in [4.69, 9.17) is 11.6 Å². The summed E-state index contributed by atoms with van der Waals surface area (Å²) in [5, 5.41) is 11.9. The van der Waals surface area contributed by atoms with Crippen LogP contribution in [0.15, 0.2) is 41.1 Å². The van der Waals surface area contributed by atoms with E-state index in [0.717, 1.165) is 15.9 Å². The Balaban J connectivity index is 1.82. The lowest BCUT2D eigenvalue weighted by Crippen LogP contribution is -2.05. The molecule has 0 saturated heterocycles. The fourth-order valence-corrected chi connectivity index (χ4v) is 2.42. The number of rotatable bonds is 3. The maximum Gasteiger partial charge on any atom is 0.160 e. The van der Waals surface area contributed by atoms with Gasteiger partial charge in [0.1, 0.15) is 5.82 Å². The Hall–Kier alpha value is -1.66. The first kappa shape index (κ1) is 12.4. The number of pyridine rings is 2. The quantitative estimate of drug-likeness (QED) is 0.797. The number of hydrogen-bond donors (Lipinski definition) is 1. The van der Waals surface area contributed by atoms with Gasteiger partial charge in [-0.1, -0.05) is 17.7 Å². The molecule has 0 spiro atoms. The second kappa shape index (κ2) is 5.14. The van der Waals surface area contributed by atoms with E-state index in [0.29, 0.717) is 17.4 Å². The van der Waals surface area contributed by atoms with Crippen LogP contribution in [0, 0.1) is 0 Å². The first-order chi connectivity index (χ1) is 9.24. The van der Waals surface area contributed by atoms with Crippen LogP contribution in [0.1, 0.15) is 5.82 Å². The molecule has 0 aliphatic rings. The van der Waals surface area contributed by atoms with Crippen molar-refractivity contribution < 1.29 is 0 Å². The number of halogens is 2. The van der Waals surface area contributed by atoms with Crippen LogP contribution in [0.5, 0.6) is 0 Å². The lowest BCUT2D eigenvalue weighted by Gasteiger charge is -2.06. The van der Waals surface area contributed by atoms with Crippen LogP contribution in [0.25, 0.3) is 5.65 Å². The average molecular weight is 339 g/mol. The summed E-state index contributed by atoms with van der Waals surface area (Å²) >= 11 is 9.41. The number of aromatic nitrogens is 4. The molecule has 0 saturated carbocycles. The fourth-order valence-electron chi connectivity index (χ4n) is 1.72. The third-order valence-corrected chi connectivity index (χ3v) is 3.33. The topological polar surface area (TPSA) is 55.1 Å². The SMILES string of the molecule is Clc1cc(Br)cnc1NCc1nnc2ccccn12. The van der Waals surface area contributed by atoms with Gasteiger partial charge in [0.25, 0.3) is 0 Å². The monoisotopic (exact) mass is 337 g/mol. The number of nitrogens with zero attached hydrogens (tertiary/aromatic N) is 4. The Labute approximate surface area is 122 Å². The second-order valence-corrected chi connectivity index (χ2v) is 5.21. The molecule has 5 nitrogen and oxygen atoms in total. The van der Waals surface area contributed by atoms with Crippen molar-refractivity contribution in [3.63, 3.8) is 0 Å². The largest absolute Gasteiger partial charge is 0.362 e. The molecule has 3 aromatic heterocycles. The van der Waals surface area contributed by atoms with Crippen LogP contribution in [-0.2, 0) is 6.54 Å². The van der Waals surface area contributed by atoms with Crippen molar-refractivity contribution in [3.05, 3.63) is 52.0 Å². The van der Waals surface area contributed by atoms with E-state index >= 15 is 0 Å². The van der Waals surface area contributed by atoms with E-state index < -0.39 is 0 Å². The number of fused-ring (bicyclic) bond motifs is 1. The van der Waals surface area contributed by atoms with Gasteiger partial charge >= 0.3 is 0 Å². The highest BCUT2D eigenvalue weighted by atomic mass is 79.9. The lowest BCUT2D eigenvalue weighted by molar-refractivity contribution is 0.912. The predicted octanol–water partition coefficient (Wildman–Crippen LogP) is 3.15. The number of nitrogens with one attached hydrogen (secondary N) is 1. The van der Waals surface area contributed by atoms with Crippen molar-refractivity contribution >= 4 is 39.0 Å². The Morgan fingerprint density at radius 3 is 3.05 bits per heavy atom. The minimum absolute atomic E-state index is 0.500. The smallest absolute Gasteiger partial charge is 0.160 e. The molecule has 7 heteroatoms. The third kappa shape index (κ3) is 2.54. The highest BCUT2D eigenvalue weighted by Crippen LogP contribution is 2.23. The van der Waals surface area contributed by atoms with Gasteiger partial charge in [-0.05, 0) is 34.1 Å². The molecule has 96 valence electrons. The zero-order valence-electron chi connectivity index (χ0n) is 9.72. The summed E-state index contributed by atoms with van der Waals surface area (Å²) < 4.78 is 2.76. The molecule has 0 aliphatic heterocycles. The van der Waals surface area contributed by atoms with Gasteiger partial charge in [0.05, 0.1) is 11.6 Å². The standard InChI is InChI=1S/C12H9BrClN5/c13-8-5-9(14)12(15-6-8)16-7-11-18-17-10-3-1-2-4-19(10)11/h1-6H,7H2,(H,15,16). The Morgan fingerprint density at radius 1 is 1.32 bits per heavy atom. The van der Waals surface area contributed by atoms with Crippen LogP contribution in [-0.4, -0.2) is 19.6 Å². The summed E-state index contributed by atoms with van der Waals surface area (Å²) in [6, 6.07) is 7.55. The lowest BCUT2D eigenvalue weighted by atomic mass is 10.4. The summed E-state index contributed by atoms with van der Waals surface area (Å²) in [4.78, 5) is 4.21. The molecule has 3 rings (SSSR count). The molecule has 19 heavy (non-hydrogen) atoms. The summed E-state index contributed by atoms with van der Waals surface area (Å²) in [7, 11) is 0. The molecule has 0 aliphatic carbocycles. The maximum absolute atomic E-state index is 6.09. The van der Waals surface area contributed by atoms with Crippen molar-refractivity contribution in [1.82, 2.24) is 19.6 Å². The van der Waals surface area contributed by atoms with Crippen LogP contribution < -0.4 is 5.32 Å². The molecule has 1 N–H and O–H groups in total. The first-order valence-corrected chi connectivity index (χ1v) is 6.75. The molecule has 0 bridgehead atoms.